The molecule has 8 heteroatoms. The van der Waals surface area contributed by atoms with Gasteiger partial charge < -0.3 is 21.5 Å². The van der Waals surface area contributed by atoms with Crippen molar-refractivity contribution in [3.05, 3.63) is 29.6 Å². The molecule has 0 aliphatic heterocycles. The molecule has 0 spiro atoms. The lowest BCUT2D eigenvalue weighted by atomic mass is 10.2. The summed E-state index contributed by atoms with van der Waals surface area (Å²) in [5.41, 5.74) is 4.56. The Hall–Kier alpha value is -2.64. The van der Waals surface area contributed by atoms with Gasteiger partial charge >= 0.3 is 12.0 Å². The number of primary amides is 1. The number of amides is 3. The summed E-state index contributed by atoms with van der Waals surface area (Å²) >= 11 is 0. The van der Waals surface area contributed by atoms with Crippen molar-refractivity contribution >= 4 is 23.6 Å². The van der Waals surface area contributed by atoms with Crippen molar-refractivity contribution in [1.82, 2.24) is 5.32 Å². The van der Waals surface area contributed by atoms with Gasteiger partial charge in [-0.15, -0.1) is 0 Å². The van der Waals surface area contributed by atoms with Crippen molar-refractivity contribution in [3.63, 3.8) is 0 Å². The highest BCUT2D eigenvalue weighted by Crippen LogP contribution is 2.17. The molecule has 0 saturated heterocycles. The monoisotopic (exact) mass is 283 g/mol. The second kappa shape index (κ2) is 7.07. The summed E-state index contributed by atoms with van der Waals surface area (Å²) in [5, 5.41) is 13.5. The zero-order valence-electron chi connectivity index (χ0n) is 10.5. The van der Waals surface area contributed by atoms with Crippen LogP contribution < -0.4 is 16.4 Å². The number of halogens is 1. The van der Waals surface area contributed by atoms with E-state index in [4.69, 9.17) is 10.8 Å². The molecule has 1 rings (SSSR count). The minimum atomic E-state index is -1.28. The van der Waals surface area contributed by atoms with Crippen molar-refractivity contribution in [3.8, 4) is 0 Å². The van der Waals surface area contributed by atoms with Gasteiger partial charge in [-0.2, -0.15) is 0 Å². The van der Waals surface area contributed by atoms with Crippen LogP contribution in [0, 0.1) is 5.82 Å². The summed E-state index contributed by atoms with van der Waals surface area (Å²) in [5.74, 6) is -2.43. The fraction of sp³-hybridized carbons (Fsp3) is 0.250. The maximum Gasteiger partial charge on any atom is 0.337 e. The average Bonchev–Trinajstić information content (AvgIpc) is 2.34. The van der Waals surface area contributed by atoms with Gasteiger partial charge in [-0.3, -0.25) is 4.79 Å². The van der Waals surface area contributed by atoms with Gasteiger partial charge in [-0.1, -0.05) is 0 Å². The molecule has 3 amide bonds. The second-order valence-corrected chi connectivity index (χ2v) is 3.95. The highest BCUT2D eigenvalue weighted by Gasteiger charge is 2.13. The van der Waals surface area contributed by atoms with Crippen LogP contribution in [0.1, 0.15) is 23.2 Å². The molecule has 0 fully saturated rings. The van der Waals surface area contributed by atoms with Crippen molar-refractivity contribution in [2.75, 3.05) is 11.9 Å². The number of hydrogen-bond acceptors (Lipinski definition) is 3. The maximum atomic E-state index is 13.0. The van der Waals surface area contributed by atoms with Gasteiger partial charge in [0.2, 0.25) is 5.91 Å². The zero-order valence-corrected chi connectivity index (χ0v) is 10.5. The van der Waals surface area contributed by atoms with Crippen LogP contribution in [0.3, 0.4) is 0 Å². The largest absolute Gasteiger partial charge is 0.478 e. The first-order valence-corrected chi connectivity index (χ1v) is 5.76. The number of aromatic carboxylic acids is 1. The van der Waals surface area contributed by atoms with E-state index in [0.29, 0.717) is 6.42 Å². The number of benzene rings is 1. The summed E-state index contributed by atoms with van der Waals surface area (Å²) in [6.45, 7) is 0.187. The van der Waals surface area contributed by atoms with Crippen molar-refractivity contribution in [2.24, 2.45) is 5.73 Å². The van der Waals surface area contributed by atoms with Crippen molar-refractivity contribution in [2.45, 2.75) is 12.8 Å². The Morgan fingerprint density at radius 3 is 2.60 bits per heavy atom. The smallest absolute Gasteiger partial charge is 0.337 e. The number of anilines is 1. The molecule has 108 valence electrons. The van der Waals surface area contributed by atoms with Gasteiger partial charge in [-0.05, 0) is 24.6 Å². The predicted octanol–water partition coefficient (Wildman–Crippen LogP) is 0.911. The van der Waals surface area contributed by atoms with E-state index >= 15 is 0 Å². The maximum absolute atomic E-state index is 13.0. The second-order valence-electron chi connectivity index (χ2n) is 3.95. The Kier molecular flexibility index (Phi) is 5.45. The molecule has 0 unspecified atom stereocenters. The van der Waals surface area contributed by atoms with Gasteiger partial charge in [0.25, 0.3) is 0 Å². The first kappa shape index (κ1) is 15.4. The molecule has 1 aromatic carbocycles. The third-order valence-corrected chi connectivity index (χ3v) is 2.35. The van der Waals surface area contributed by atoms with E-state index in [-0.39, 0.29) is 24.2 Å². The van der Waals surface area contributed by atoms with E-state index < -0.39 is 23.7 Å². The lowest BCUT2D eigenvalue weighted by molar-refractivity contribution is -0.118. The number of carbonyl (C=O) groups excluding carboxylic acids is 2. The van der Waals surface area contributed by atoms with E-state index in [1.807, 2.05) is 0 Å². The number of carbonyl (C=O) groups is 3. The summed E-state index contributed by atoms with van der Waals surface area (Å²) in [6.07, 6.45) is 0.484. The number of rotatable bonds is 6. The van der Waals surface area contributed by atoms with E-state index in [2.05, 4.69) is 10.6 Å². The number of urea groups is 1. The fourth-order valence-electron chi connectivity index (χ4n) is 1.44. The molecule has 0 atom stereocenters. The molecular weight excluding hydrogens is 269 g/mol. The third-order valence-electron chi connectivity index (χ3n) is 2.35. The molecule has 0 aliphatic carbocycles. The van der Waals surface area contributed by atoms with E-state index in [0.717, 1.165) is 18.2 Å². The molecular formula is C12H14FN3O4. The van der Waals surface area contributed by atoms with Crippen LogP contribution in [0.2, 0.25) is 0 Å². The summed E-state index contributed by atoms with van der Waals surface area (Å²) in [7, 11) is 0. The van der Waals surface area contributed by atoms with Crippen LogP contribution in [-0.4, -0.2) is 29.6 Å². The quantitative estimate of drug-likeness (QED) is 0.580. The van der Waals surface area contributed by atoms with Crippen LogP contribution in [0.15, 0.2) is 18.2 Å². The lowest BCUT2D eigenvalue weighted by Gasteiger charge is -2.09. The number of carboxylic acid groups (broad SMARTS) is 1. The number of nitrogens with one attached hydrogen (secondary N) is 2. The van der Waals surface area contributed by atoms with Crippen molar-refractivity contribution < 1.29 is 23.9 Å². The van der Waals surface area contributed by atoms with Gasteiger partial charge in [0.15, 0.2) is 0 Å². The minimum Gasteiger partial charge on any atom is -0.478 e. The number of nitrogens with two attached hydrogens (primary N) is 1. The van der Waals surface area contributed by atoms with Crippen LogP contribution in [0.4, 0.5) is 14.9 Å². The van der Waals surface area contributed by atoms with Crippen molar-refractivity contribution in [1.29, 1.82) is 0 Å². The van der Waals surface area contributed by atoms with Gasteiger partial charge in [0.1, 0.15) is 5.82 Å². The van der Waals surface area contributed by atoms with Crippen LogP contribution in [0.25, 0.3) is 0 Å². The highest BCUT2D eigenvalue weighted by molar-refractivity contribution is 5.99. The normalized spacial score (nSPS) is 9.85. The molecule has 0 heterocycles. The summed E-state index contributed by atoms with van der Waals surface area (Å²) in [4.78, 5) is 32.9. The Morgan fingerprint density at radius 1 is 1.30 bits per heavy atom. The predicted molar refractivity (Wildman–Crippen MR) is 68.8 cm³/mol. The Bertz CT molecular complexity index is 533. The summed E-state index contributed by atoms with van der Waals surface area (Å²) in [6, 6.07) is 2.26. The molecule has 20 heavy (non-hydrogen) atoms. The van der Waals surface area contributed by atoms with Crippen LogP contribution >= 0.6 is 0 Å². The van der Waals surface area contributed by atoms with Crippen LogP contribution in [0.5, 0.6) is 0 Å². The van der Waals surface area contributed by atoms with E-state index in [9.17, 15) is 18.8 Å². The summed E-state index contributed by atoms with van der Waals surface area (Å²) < 4.78 is 13.0. The molecule has 0 aromatic heterocycles. The Balaban J connectivity index is 2.59. The average molecular weight is 283 g/mol. The van der Waals surface area contributed by atoms with Gasteiger partial charge in [-0.25, -0.2) is 14.0 Å². The molecule has 0 aliphatic rings. The topological polar surface area (TPSA) is 122 Å². The first-order chi connectivity index (χ1) is 9.40. The standard InChI is InChI=1S/C12H14FN3O4/c13-7-3-4-8(11(18)19)9(6-7)16-12(20)15-5-1-2-10(14)17/h3-4,6H,1-2,5H2,(H2,14,17)(H,18,19)(H2,15,16,20). The lowest BCUT2D eigenvalue weighted by Crippen LogP contribution is -2.30. The molecule has 1 aromatic rings. The Morgan fingerprint density at radius 2 is 2.00 bits per heavy atom. The molecule has 0 bridgehead atoms. The van der Waals surface area contributed by atoms with Crippen LogP contribution in [-0.2, 0) is 4.79 Å². The number of carboxylic acids is 1. The van der Waals surface area contributed by atoms with E-state index in [1.54, 1.807) is 0 Å². The minimum absolute atomic E-state index is 0.126. The SMILES string of the molecule is NC(=O)CCCNC(=O)Nc1cc(F)ccc1C(=O)O. The fourth-order valence-corrected chi connectivity index (χ4v) is 1.44. The zero-order chi connectivity index (χ0) is 15.1. The van der Waals surface area contributed by atoms with E-state index in [1.165, 1.54) is 0 Å². The Labute approximate surface area is 114 Å². The number of hydrogen-bond donors (Lipinski definition) is 4. The molecule has 5 N–H and O–H groups in total. The molecule has 0 saturated carbocycles. The highest BCUT2D eigenvalue weighted by atomic mass is 19.1. The van der Waals surface area contributed by atoms with Gasteiger partial charge in [0.05, 0.1) is 11.3 Å². The molecule has 0 radical (unpaired) electrons. The molecule has 7 nitrogen and oxygen atoms in total. The first-order valence-electron chi connectivity index (χ1n) is 5.76. The van der Waals surface area contributed by atoms with Gasteiger partial charge in [0, 0.05) is 13.0 Å². The third kappa shape index (κ3) is 4.92.